The number of anilines is 3. The summed E-state index contributed by atoms with van der Waals surface area (Å²) in [5, 5.41) is 4.04. The Morgan fingerprint density at radius 3 is 2.52 bits per heavy atom. The zero-order valence-electron chi connectivity index (χ0n) is 19.1. The van der Waals surface area contributed by atoms with Crippen molar-refractivity contribution in [3.8, 4) is 18.2 Å². The van der Waals surface area contributed by atoms with Gasteiger partial charge in [-0.05, 0) is 57.0 Å². The fraction of sp³-hybridized carbons (Fsp3) is 0.423. The van der Waals surface area contributed by atoms with Gasteiger partial charge in [0.1, 0.15) is 6.10 Å². The van der Waals surface area contributed by atoms with Crippen molar-refractivity contribution in [1.29, 1.82) is 0 Å². The molecule has 1 aliphatic carbocycles. The van der Waals surface area contributed by atoms with E-state index in [0.717, 1.165) is 50.1 Å². The van der Waals surface area contributed by atoms with Crippen molar-refractivity contribution in [3.63, 3.8) is 0 Å². The summed E-state index contributed by atoms with van der Waals surface area (Å²) < 4.78 is 6.15. The van der Waals surface area contributed by atoms with Crippen molar-refractivity contribution in [2.75, 3.05) is 43.4 Å². The minimum atomic E-state index is 0.201. The van der Waals surface area contributed by atoms with E-state index in [-0.39, 0.29) is 6.10 Å². The van der Waals surface area contributed by atoms with E-state index < -0.39 is 0 Å². The third-order valence-corrected chi connectivity index (χ3v) is 6.53. The number of rotatable bonds is 5. The molecule has 1 aliphatic heterocycles. The molecule has 5 rings (SSSR count). The standard InChI is InChI=1S/C26H30N6O/c1-3-19-17-24(33-22-7-5-4-6-8-22)29-25-23(19)18-27-26(30-25)28-20-9-11-21(12-10-20)32-15-13-31(2)14-16-32/h1,9-12,17-18,22H,4-8,13-16H2,2H3,(H,27,28,29,30). The molecule has 0 unspecified atom stereocenters. The smallest absolute Gasteiger partial charge is 0.229 e. The second-order valence-corrected chi connectivity index (χ2v) is 8.92. The van der Waals surface area contributed by atoms with Crippen LogP contribution in [0, 0.1) is 12.3 Å². The zero-order valence-corrected chi connectivity index (χ0v) is 19.1. The first-order valence-electron chi connectivity index (χ1n) is 11.8. The minimum Gasteiger partial charge on any atom is -0.474 e. The molecule has 1 N–H and O–H groups in total. The molecule has 0 radical (unpaired) electrons. The van der Waals surface area contributed by atoms with Gasteiger partial charge in [0.15, 0.2) is 5.65 Å². The van der Waals surface area contributed by atoms with Crippen molar-refractivity contribution in [2.45, 2.75) is 38.2 Å². The predicted octanol–water partition coefficient (Wildman–Crippen LogP) is 4.21. The van der Waals surface area contributed by atoms with Gasteiger partial charge < -0.3 is 19.9 Å². The second-order valence-electron chi connectivity index (χ2n) is 8.92. The Bertz CT molecular complexity index is 1140. The Morgan fingerprint density at radius 1 is 1.03 bits per heavy atom. The summed E-state index contributed by atoms with van der Waals surface area (Å²) in [6, 6.07) is 10.2. The molecule has 1 saturated heterocycles. The Labute approximate surface area is 195 Å². The number of nitrogens with one attached hydrogen (secondary N) is 1. The van der Waals surface area contributed by atoms with Gasteiger partial charge >= 0.3 is 0 Å². The highest BCUT2D eigenvalue weighted by atomic mass is 16.5. The number of hydrogen-bond donors (Lipinski definition) is 1. The first-order chi connectivity index (χ1) is 16.2. The molecular formula is C26H30N6O. The molecule has 0 atom stereocenters. The summed E-state index contributed by atoms with van der Waals surface area (Å²) in [5.74, 6) is 3.76. The maximum Gasteiger partial charge on any atom is 0.229 e. The van der Waals surface area contributed by atoms with Crippen LogP contribution in [-0.4, -0.2) is 59.2 Å². The highest BCUT2D eigenvalue weighted by Gasteiger charge is 2.17. The quantitative estimate of drug-likeness (QED) is 0.594. The maximum atomic E-state index is 6.15. The van der Waals surface area contributed by atoms with Crippen molar-refractivity contribution in [2.24, 2.45) is 0 Å². The lowest BCUT2D eigenvalue weighted by Gasteiger charge is -2.34. The Kier molecular flexibility index (Phi) is 6.27. The predicted molar refractivity (Wildman–Crippen MR) is 132 cm³/mol. The number of aromatic nitrogens is 3. The summed E-state index contributed by atoms with van der Waals surface area (Å²) in [7, 11) is 2.17. The lowest BCUT2D eigenvalue weighted by molar-refractivity contribution is 0.149. The highest BCUT2D eigenvalue weighted by Crippen LogP contribution is 2.26. The van der Waals surface area contributed by atoms with Crippen molar-refractivity contribution in [3.05, 3.63) is 42.1 Å². The van der Waals surface area contributed by atoms with Gasteiger partial charge in [-0.2, -0.15) is 9.97 Å². The topological polar surface area (TPSA) is 66.4 Å². The number of benzene rings is 1. The molecule has 1 aromatic carbocycles. The molecule has 3 aromatic rings. The van der Waals surface area contributed by atoms with E-state index in [1.165, 1.54) is 24.9 Å². The summed E-state index contributed by atoms with van der Waals surface area (Å²) >= 11 is 0. The monoisotopic (exact) mass is 442 g/mol. The van der Waals surface area contributed by atoms with Crippen molar-refractivity contribution >= 4 is 28.4 Å². The summed E-state index contributed by atoms with van der Waals surface area (Å²) in [5.41, 5.74) is 3.41. The average molecular weight is 443 g/mol. The van der Waals surface area contributed by atoms with Crippen LogP contribution in [0.5, 0.6) is 5.88 Å². The number of piperazine rings is 1. The second kappa shape index (κ2) is 9.63. The normalized spacial score (nSPS) is 17.6. The highest BCUT2D eigenvalue weighted by molar-refractivity contribution is 5.83. The molecule has 7 heteroatoms. The van der Waals surface area contributed by atoms with Crippen LogP contribution in [0.15, 0.2) is 36.5 Å². The van der Waals surface area contributed by atoms with Crippen LogP contribution in [-0.2, 0) is 0 Å². The molecule has 7 nitrogen and oxygen atoms in total. The van der Waals surface area contributed by atoms with Gasteiger partial charge in [-0.1, -0.05) is 12.3 Å². The largest absolute Gasteiger partial charge is 0.474 e. The molecule has 2 aromatic heterocycles. The third kappa shape index (κ3) is 5.01. The molecule has 2 fully saturated rings. The van der Waals surface area contributed by atoms with E-state index in [9.17, 15) is 0 Å². The lowest BCUT2D eigenvalue weighted by Crippen LogP contribution is -2.44. The molecule has 0 spiro atoms. The molecule has 2 aliphatic rings. The molecule has 0 amide bonds. The van der Waals surface area contributed by atoms with E-state index in [2.05, 4.69) is 67.3 Å². The number of hydrogen-bond acceptors (Lipinski definition) is 7. The van der Waals surface area contributed by atoms with Crippen LogP contribution in [0.4, 0.5) is 17.3 Å². The first kappa shape index (κ1) is 21.5. The summed E-state index contributed by atoms with van der Waals surface area (Å²) in [6.07, 6.45) is 13.5. The number of pyridine rings is 1. The van der Waals surface area contributed by atoms with E-state index in [4.69, 9.17) is 11.2 Å². The number of terminal acetylenes is 1. The fourth-order valence-corrected chi connectivity index (χ4v) is 4.53. The van der Waals surface area contributed by atoms with Gasteiger partial charge in [-0.15, -0.1) is 6.42 Å². The summed E-state index contributed by atoms with van der Waals surface area (Å²) in [6.45, 7) is 4.27. The van der Waals surface area contributed by atoms with Crippen molar-refractivity contribution < 1.29 is 4.74 Å². The van der Waals surface area contributed by atoms with Gasteiger partial charge in [0.05, 0.1) is 5.39 Å². The Balaban J connectivity index is 1.33. The number of likely N-dealkylation sites (N-methyl/N-ethyl adjacent to an activating group) is 1. The van der Waals surface area contributed by atoms with Crippen LogP contribution in [0.1, 0.15) is 37.7 Å². The zero-order chi connectivity index (χ0) is 22.6. The first-order valence-corrected chi connectivity index (χ1v) is 11.8. The lowest BCUT2D eigenvalue weighted by atomic mass is 9.98. The fourth-order valence-electron chi connectivity index (χ4n) is 4.53. The molecule has 1 saturated carbocycles. The van der Waals surface area contributed by atoms with Gasteiger partial charge in [-0.25, -0.2) is 4.98 Å². The van der Waals surface area contributed by atoms with Gasteiger partial charge in [-0.3, -0.25) is 0 Å². The van der Waals surface area contributed by atoms with E-state index in [1.54, 1.807) is 6.20 Å². The van der Waals surface area contributed by atoms with Crippen LogP contribution in [0.25, 0.3) is 11.0 Å². The number of ether oxygens (including phenoxy) is 1. The molecule has 170 valence electrons. The van der Waals surface area contributed by atoms with Crippen LogP contribution in [0.3, 0.4) is 0 Å². The van der Waals surface area contributed by atoms with Gasteiger partial charge in [0.2, 0.25) is 11.8 Å². The van der Waals surface area contributed by atoms with Crippen LogP contribution in [0.2, 0.25) is 0 Å². The average Bonchev–Trinajstić information content (AvgIpc) is 2.85. The molecule has 0 bridgehead atoms. The van der Waals surface area contributed by atoms with Gasteiger partial charge in [0, 0.05) is 55.4 Å². The van der Waals surface area contributed by atoms with Gasteiger partial charge in [0.25, 0.3) is 0 Å². The maximum absolute atomic E-state index is 6.15. The van der Waals surface area contributed by atoms with E-state index >= 15 is 0 Å². The molecule has 3 heterocycles. The Hall–Kier alpha value is -3.37. The Morgan fingerprint density at radius 2 is 1.79 bits per heavy atom. The van der Waals surface area contributed by atoms with Crippen LogP contribution >= 0.6 is 0 Å². The van der Waals surface area contributed by atoms with E-state index in [0.29, 0.717) is 23.0 Å². The van der Waals surface area contributed by atoms with Crippen LogP contribution < -0.4 is 15.0 Å². The van der Waals surface area contributed by atoms with E-state index in [1.807, 2.05) is 6.07 Å². The SMILES string of the molecule is C#Cc1cc(OC2CCCCC2)nc2nc(Nc3ccc(N4CCN(C)CC4)cc3)ncc12. The molecule has 33 heavy (non-hydrogen) atoms. The number of nitrogens with zero attached hydrogens (tertiary/aromatic N) is 5. The number of fused-ring (bicyclic) bond motifs is 1. The van der Waals surface area contributed by atoms with Crippen molar-refractivity contribution in [1.82, 2.24) is 19.9 Å². The third-order valence-electron chi connectivity index (χ3n) is 6.53. The summed E-state index contributed by atoms with van der Waals surface area (Å²) in [4.78, 5) is 18.5. The minimum absolute atomic E-state index is 0.201. The molecular weight excluding hydrogens is 412 g/mol.